The summed E-state index contributed by atoms with van der Waals surface area (Å²) in [5, 5.41) is 14.9. The molecule has 200 valence electrons. The van der Waals surface area contributed by atoms with Gasteiger partial charge in [-0.15, -0.1) is 0 Å². The molecule has 0 saturated carbocycles. The van der Waals surface area contributed by atoms with Crippen molar-refractivity contribution in [1.82, 2.24) is 5.32 Å². The number of amides is 4. The highest BCUT2D eigenvalue weighted by Crippen LogP contribution is 2.33. The third kappa shape index (κ3) is 5.23. The van der Waals surface area contributed by atoms with E-state index >= 15 is 0 Å². The Bertz CT molecular complexity index is 1680. The standard InChI is InChI=1S/C30H23N3O7/c1-2-39-23-13-11-21(12-14-23)32-29(35)26(28(34)31-30(32)36)17-25-24-9-4-3-7-20(24)10-15-27(25)40-18-19-6-5-8-22(16-19)33(37)38/h3-17H,2,18H2,1H3,(H,31,34,36)/b26-17+. The summed E-state index contributed by atoms with van der Waals surface area (Å²) < 4.78 is 11.5. The van der Waals surface area contributed by atoms with E-state index in [0.717, 1.165) is 10.3 Å². The monoisotopic (exact) mass is 537 g/mol. The summed E-state index contributed by atoms with van der Waals surface area (Å²) in [6, 6.07) is 22.5. The molecule has 1 fully saturated rings. The van der Waals surface area contributed by atoms with Gasteiger partial charge in [-0.25, -0.2) is 9.69 Å². The fourth-order valence-electron chi connectivity index (χ4n) is 4.37. The number of carbonyl (C=O) groups excluding carboxylic acids is 3. The third-order valence-electron chi connectivity index (χ3n) is 6.24. The van der Waals surface area contributed by atoms with Gasteiger partial charge in [0.05, 0.1) is 17.2 Å². The highest BCUT2D eigenvalue weighted by Gasteiger charge is 2.37. The highest BCUT2D eigenvalue weighted by atomic mass is 16.6. The SMILES string of the molecule is CCOc1ccc(N2C(=O)NC(=O)/C(=C\c3c(OCc4cccc([N+](=O)[O-])c4)ccc4ccccc34)C2=O)cc1. The molecular formula is C30H23N3O7. The first-order chi connectivity index (χ1) is 19.4. The number of nitrogens with one attached hydrogen (secondary N) is 1. The van der Waals surface area contributed by atoms with Gasteiger partial charge in [-0.2, -0.15) is 0 Å². The van der Waals surface area contributed by atoms with Crippen LogP contribution in [0.4, 0.5) is 16.2 Å². The van der Waals surface area contributed by atoms with Gasteiger partial charge in [0.15, 0.2) is 0 Å². The zero-order chi connectivity index (χ0) is 28.2. The van der Waals surface area contributed by atoms with Gasteiger partial charge in [-0.3, -0.25) is 25.0 Å². The number of rotatable bonds is 8. The molecule has 0 atom stereocenters. The van der Waals surface area contributed by atoms with Gasteiger partial charge in [0, 0.05) is 17.7 Å². The summed E-state index contributed by atoms with van der Waals surface area (Å²) in [5.41, 5.74) is 0.961. The van der Waals surface area contributed by atoms with Gasteiger partial charge < -0.3 is 9.47 Å². The van der Waals surface area contributed by atoms with Gasteiger partial charge in [-0.05, 0) is 59.7 Å². The lowest BCUT2D eigenvalue weighted by Crippen LogP contribution is -2.54. The molecule has 0 aromatic heterocycles. The average Bonchev–Trinajstić information content (AvgIpc) is 2.95. The number of urea groups is 1. The van der Waals surface area contributed by atoms with Crippen LogP contribution in [0.3, 0.4) is 0 Å². The maximum absolute atomic E-state index is 13.5. The number of nitro groups is 1. The molecule has 1 saturated heterocycles. The van der Waals surface area contributed by atoms with E-state index in [-0.39, 0.29) is 23.6 Å². The molecule has 10 nitrogen and oxygen atoms in total. The van der Waals surface area contributed by atoms with Crippen molar-refractivity contribution in [3.8, 4) is 11.5 Å². The van der Waals surface area contributed by atoms with E-state index in [9.17, 15) is 24.5 Å². The van der Waals surface area contributed by atoms with Crippen molar-refractivity contribution in [1.29, 1.82) is 0 Å². The third-order valence-corrected chi connectivity index (χ3v) is 6.24. The van der Waals surface area contributed by atoms with Crippen molar-refractivity contribution in [3.63, 3.8) is 0 Å². The lowest BCUT2D eigenvalue weighted by molar-refractivity contribution is -0.384. The molecule has 1 heterocycles. The lowest BCUT2D eigenvalue weighted by Gasteiger charge is -2.26. The zero-order valence-corrected chi connectivity index (χ0v) is 21.3. The Morgan fingerprint density at radius 2 is 1.70 bits per heavy atom. The molecule has 0 unspecified atom stereocenters. The number of non-ortho nitro benzene ring substituents is 1. The van der Waals surface area contributed by atoms with E-state index in [4.69, 9.17) is 9.47 Å². The van der Waals surface area contributed by atoms with Crippen LogP contribution in [-0.4, -0.2) is 29.4 Å². The topological polar surface area (TPSA) is 128 Å². The van der Waals surface area contributed by atoms with Crippen molar-refractivity contribution >= 4 is 46.1 Å². The number of hydrogen-bond donors (Lipinski definition) is 1. The number of hydrogen-bond acceptors (Lipinski definition) is 7. The average molecular weight is 538 g/mol. The van der Waals surface area contributed by atoms with E-state index in [0.29, 0.717) is 34.6 Å². The Morgan fingerprint density at radius 1 is 0.925 bits per heavy atom. The molecule has 0 bridgehead atoms. The Balaban J connectivity index is 1.53. The predicted octanol–water partition coefficient (Wildman–Crippen LogP) is 5.39. The summed E-state index contributed by atoms with van der Waals surface area (Å²) in [4.78, 5) is 50.7. The summed E-state index contributed by atoms with van der Waals surface area (Å²) in [6.07, 6.45) is 1.40. The maximum atomic E-state index is 13.5. The number of barbiturate groups is 1. The molecule has 40 heavy (non-hydrogen) atoms. The molecule has 1 aliphatic heterocycles. The van der Waals surface area contributed by atoms with Crippen molar-refractivity contribution in [2.45, 2.75) is 13.5 Å². The molecule has 0 spiro atoms. The first-order valence-corrected chi connectivity index (χ1v) is 12.4. The van der Waals surface area contributed by atoms with Crippen molar-refractivity contribution in [3.05, 3.63) is 112 Å². The predicted molar refractivity (Wildman–Crippen MR) is 148 cm³/mol. The van der Waals surface area contributed by atoms with Crippen LogP contribution >= 0.6 is 0 Å². The second kappa shape index (κ2) is 11.1. The van der Waals surface area contributed by atoms with Crippen molar-refractivity contribution in [2.75, 3.05) is 11.5 Å². The second-order valence-corrected chi connectivity index (χ2v) is 8.80. The van der Waals surface area contributed by atoms with Gasteiger partial charge >= 0.3 is 6.03 Å². The smallest absolute Gasteiger partial charge is 0.335 e. The molecular weight excluding hydrogens is 514 g/mol. The van der Waals surface area contributed by atoms with E-state index < -0.39 is 22.8 Å². The van der Waals surface area contributed by atoms with Crippen LogP contribution in [0.1, 0.15) is 18.1 Å². The number of anilines is 1. The first kappa shape index (κ1) is 26.1. The van der Waals surface area contributed by atoms with E-state index in [1.165, 1.54) is 18.2 Å². The molecule has 5 rings (SSSR count). The second-order valence-electron chi connectivity index (χ2n) is 8.80. The molecule has 1 N–H and O–H groups in total. The highest BCUT2D eigenvalue weighted by molar-refractivity contribution is 6.39. The first-order valence-electron chi connectivity index (χ1n) is 12.4. The summed E-state index contributed by atoms with van der Waals surface area (Å²) in [5.74, 6) is -0.711. The molecule has 4 amide bonds. The van der Waals surface area contributed by atoms with Crippen LogP contribution in [-0.2, 0) is 16.2 Å². The number of imide groups is 2. The summed E-state index contributed by atoms with van der Waals surface area (Å²) >= 11 is 0. The van der Waals surface area contributed by atoms with Crippen LogP contribution in [0, 0.1) is 10.1 Å². The van der Waals surface area contributed by atoms with Crippen LogP contribution in [0.2, 0.25) is 0 Å². The molecule has 10 heteroatoms. The van der Waals surface area contributed by atoms with Gasteiger partial charge in [0.1, 0.15) is 23.7 Å². The molecule has 4 aromatic rings. The fourth-order valence-corrected chi connectivity index (χ4v) is 4.37. The minimum absolute atomic E-state index is 0.00707. The quantitative estimate of drug-likeness (QED) is 0.138. The van der Waals surface area contributed by atoms with Gasteiger partial charge in [0.25, 0.3) is 17.5 Å². The summed E-state index contributed by atoms with van der Waals surface area (Å²) in [7, 11) is 0. The number of ether oxygens (including phenoxy) is 2. The van der Waals surface area contributed by atoms with Crippen molar-refractivity contribution in [2.24, 2.45) is 0 Å². The lowest BCUT2D eigenvalue weighted by atomic mass is 9.99. The largest absolute Gasteiger partial charge is 0.494 e. The van der Waals surface area contributed by atoms with Crippen LogP contribution in [0.5, 0.6) is 11.5 Å². The van der Waals surface area contributed by atoms with E-state index in [2.05, 4.69) is 5.32 Å². The fraction of sp³-hybridized carbons (Fsp3) is 0.100. The Morgan fingerprint density at radius 3 is 2.45 bits per heavy atom. The maximum Gasteiger partial charge on any atom is 0.335 e. The number of carbonyl (C=O) groups is 3. The zero-order valence-electron chi connectivity index (χ0n) is 21.3. The minimum atomic E-state index is -0.864. The Kier molecular flexibility index (Phi) is 7.23. The van der Waals surface area contributed by atoms with E-state index in [1.54, 1.807) is 42.5 Å². The molecule has 0 radical (unpaired) electrons. The molecule has 4 aromatic carbocycles. The number of fused-ring (bicyclic) bond motifs is 1. The van der Waals surface area contributed by atoms with Crippen LogP contribution in [0.15, 0.2) is 90.5 Å². The summed E-state index contributed by atoms with van der Waals surface area (Å²) in [6.45, 7) is 2.31. The molecule has 1 aliphatic rings. The van der Waals surface area contributed by atoms with E-state index in [1.807, 2.05) is 37.3 Å². The Labute approximate surface area is 228 Å². The van der Waals surface area contributed by atoms with Gasteiger partial charge in [0.2, 0.25) is 0 Å². The minimum Gasteiger partial charge on any atom is -0.494 e. The van der Waals surface area contributed by atoms with Gasteiger partial charge in [-0.1, -0.05) is 42.5 Å². The number of nitrogens with zero attached hydrogens (tertiary/aromatic N) is 2. The van der Waals surface area contributed by atoms with Crippen molar-refractivity contribution < 1.29 is 28.8 Å². The Hall–Kier alpha value is -5.51. The van der Waals surface area contributed by atoms with Crippen LogP contribution in [0.25, 0.3) is 16.8 Å². The number of benzene rings is 4. The van der Waals surface area contributed by atoms with Crippen LogP contribution < -0.4 is 19.7 Å². The normalized spacial score (nSPS) is 14.4. The number of nitro benzene ring substituents is 1. The molecule has 0 aliphatic carbocycles.